The van der Waals surface area contributed by atoms with Crippen LogP contribution in [-0.2, 0) is 20.4 Å². The standard InChI is InChI=1S/C24H20ClNO3S2/c1-15-4-3-5-16(2)20(15)14-31(28,29)19-10-11-22-21(13-19)26-24(27)23(30-22)12-17-6-8-18(25)9-7-17/h3-13H,14H2,1-2H3,(H,26,27)/b23-12+. The fourth-order valence-corrected chi connectivity index (χ4v) is 6.03. The topological polar surface area (TPSA) is 63.2 Å². The van der Waals surface area contributed by atoms with E-state index in [0.29, 0.717) is 15.6 Å². The molecule has 0 atom stereocenters. The number of fused-ring (bicyclic) bond motifs is 1. The van der Waals surface area contributed by atoms with E-state index in [1.807, 2.05) is 44.2 Å². The van der Waals surface area contributed by atoms with Crippen molar-refractivity contribution in [1.82, 2.24) is 0 Å². The molecular weight excluding hydrogens is 450 g/mol. The molecule has 0 aliphatic carbocycles. The summed E-state index contributed by atoms with van der Waals surface area (Å²) in [6.45, 7) is 3.83. The van der Waals surface area contributed by atoms with Crippen LogP contribution in [0.1, 0.15) is 22.3 Å². The smallest absolute Gasteiger partial charge is 0.262 e. The van der Waals surface area contributed by atoms with Crippen LogP contribution in [0, 0.1) is 13.8 Å². The van der Waals surface area contributed by atoms with Crippen LogP contribution in [0.5, 0.6) is 0 Å². The van der Waals surface area contributed by atoms with Gasteiger partial charge in [0.15, 0.2) is 9.84 Å². The van der Waals surface area contributed by atoms with Crippen molar-refractivity contribution in [2.45, 2.75) is 29.4 Å². The van der Waals surface area contributed by atoms with Crippen LogP contribution in [0.4, 0.5) is 5.69 Å². The molecule has 0 unspecified atom stereocenters. The van der Waals surface area contributed by atoms with Gasteiger partial charge in [-0.2, -0.15) is 0 Å². The summed E-state index contributed by atoms with van der Waals surface area (Å²) in [6, 6.07) is 17.8. The molecule has 0 saturated heterocycles. The SMILES string of the molecule is Cc1cccc(C)c1CS(=O)(=O)c1ccc2c(c1)NC(=O)/C(=C\c1ccc(Cl)cc1)S2. The van der Waals surface area contributed by atoms with Gasteiger partial charge in [0.1, 0.15) is 0 Å². The van der Waals surface area contributed by atoms with Crippen LogP contribution in [0.2, 0.25) is 5.02 Å². The number of aryl methyl sites for hydroxylation is 2. The number of thioether (sulfide) groups is 1. The summed E-state index contributed by atoms with van der Waals surface area (Å²) in [6.07, 6.45) is 1.78. The second kappa shape index (κ2) is 8.54. The van der Waals surface area contributed by atoms with Gasteiger partial charge in [-0.15, -0.1) is 0 Å². The van der Waals surface area contributed by atoms with Crippen molar-refractivity contribution >= 4 is 50.9 Å². The van der Waals surface area contributed by atoms with Crippen LogP contribution >= 0.6 is 23.4 Å². The van der Waals surface area contributed by atoms with Crippen LogP contribution in [-0.4, -0.2) is 14.3 Å². The lowest BCUT2D eigenvalue weighted by Gasteiger charge is -2.20. The first-order valence-electron chi connectivity index (χ1n) is 9.61. The van der Waals surface area contributed by atoms with E-state index >= 15 is 0 Å². The lowest BCUT2D eigenvalue weighted by Crippen LogP contribution is -2.18. The average Bonchev–Trinajstić information content (AvgIpc) is 2.72. The molecule has 1 amide bonds. The number of anilines is 1. The van der Waals surface area contributed by atoms with Gasteiger partial charge in [-0.05, 0) is 72.5 Å². The maximum absolute atomic E-state index is 13.1. The Balaban J connectivity index is 1.62. The lowest BCUT2D eigenvalue weighted by molar-refractivity contribution is -0.112. The summed E-state index contributed by atoms with van der Waals surface area (Å²) in [5, 5.41) is 3.45. The molecule has 31 heavy (non-hydrogen) atoms. The Morgan fingerprint density at radius 1 is 1.00 bits per heavy atom. The molecule has 0 radical (unpaired) electrons. The van der Waals surface area contributed by atoms with E-state index in [-0.39, 0.29) is 16.6 Å². The number of nitrogens with one attached hydrogen (secondary N) is 1. The third-order valence-electron chi connectivity index (χ3n) is 5.15. The van der Waals surface area contributed by atoms with Gasteiger partial charge < -0.3 is 5.32 Å². The van der Waals surface area contributed by atoms with Gasteiger partial charge in [-0.1, -0.05) is 53.7 Å². The van der Waals surface area contributed by atoms with Crippen molar-refractivity contribution in [3.05, 3.63) is 92.8 Å². The first-order chi connectivity index (χ1) is 14.7. The van der Waals surface area contributed by atoms with Crippen LogP contribution in [0.3, 0.4) is 0 Å². The lowest BCUT2D eigenvalue weighted by atomic mass is 10.1. The van der Waals surface area contributed by atoms with Gasteiger partial charge in [0.05, 0.1) is 21.2 Å². The summed E-state index contributed by atoms with van der Waals surface area (Å²) >= 11 is 7.23. The molecule has 0 fully saturated rings. The minimum atomic E-state index is -3.56. The van der Waals surface area contributed by atoms with Gasteiger partial charge in [0.2, 0.25) is 0 Å². The first-order valence-corrected chi connectivity index (χ1v) is 12.5. The Morgan fingerprint density at radius 3 is 2.35 bits per heavy atom. The van der Waals surface area contributed by atoms with Crippen LogP contribution in [0.25, 0.3) is 6.08 Å². The molecule has 7 heteroatoms. The second-order valence-corrected chi connectivity index (χ2v) is 10.9. The molecular formula is C24H20ClNO3S2. The molecule has 0 spiro atoms. The third kappa shape index (κ3) is 4.71. The fourth-order valence-electron chi connectivity index (χ4n) is 3.39. The van der Waals surface area contributed by atoms with Crippen molar-refractivity contribution < 1.29 is 13.2 Å². The van der Waals surface area contributed by atoms with Gasteiger partial charge in [0, 0.05) is 9.92 Å². The Bertz CT molecular complexity index is 1290. The monoisotopic (exact) mass is 469 g/mol. The van der Waals surface area contributed by atoms with E-state index < -0.39 is 9.84 Å². The minimum Gasteiger partial charge on any atom is -0.320 e. The number of benzene rings is 3. The highest BCUT2D eigenvalue weighted by atomic mass is 35.5. The third-order valence-corrected chi connectivity index (χ3v) is 8.14. The van der Waals surface area contributed by atoms with Gasteiger partial charge >= 0.3 is 0 Å². The quantitative estimate of drug-likeness (QED) is 0.475. The average molecular weight is 470 g/mol. The molecule has 3 aromatic carbocycles. The van der Waals surface area contributed by atoms with Gasteiger partial charge in [0.25, 0.3) is 5.91 Å². The number of amides is 1. The number of hydrogen-bond acceptors (Lipinski definition) is 4. The number of carbonyl (C=O) groups is 1. The molecule has 1 aliphatic heterocycles. The van der Waals surface area contributed by atoms with E-state index in [0.717, 1.165) is 27.1 Å². The molecule has 1 heterocycles. The van der Waals surface area contributed by atoms with E-state index in [1.54, 1.807) is 36.4 Å². The maximum Gasteiger partial charge on any atom is 0.262 e. The van der Waals surface area contributed by atoms with Gasteiger partial charge in [-0.3, -0.25) is 4.79 Å². The van der Waals surface area contributed by atoms with Crippen molar-refractivity contribution in [2.75, 3.05) is 5.32 Å². The zero-order valence-corrected chi connectivity index (χ0v) is 19.4. The summed E-state index contributed by atoms with van der Waals surface area (Å²) in [5.74, 6) is -0.343. The van der Waals surface area contributed by atoms with Crippen LogP contribution < -0.4 is 5.32 Å². The summed E-state index contributed by atoms with van der Waals surface area (Å²) in [7, 11) is -3.56. The Labute approximate surface area is 191 Å². The van der Waals surface area contributed by atoms with Gasteiger partial charge in [-0.25, -0.2) is 8.42 Å². The molecule has 3 aromatic rings. The molecule has 158 valence electrons. The normalized spacial score (nSPS) is 14.9. The number of hydrogen-bond donors (Lipinski definition) is 1. The molecule has 1 aliphatic rings. The van der Waals surface area contributed by atoms with Crippen molar-refractivity contribution in [3.63, 3.8) is 0 Å². The Kier molecular flexibility index (Phi) is 5.97. The van der Waals surface area contributed by atoms with Crippen molar-refractivity contribution in [1.29, 1.82) is 0 Å². The van der Waals surface area contributed by atoms with Crippen LogP contribution in [0.15, 0.2) is 75.4 Å². The molecule has 0 saturated carbocycles. The molecule has 1 N–H and O–H groups in total. The van der Waals surface area contributed by atoms with E-state index in [4.69, 9.17) is 11.6 Å². The predicted octanol–water partition coefficient (Wildman–Crippen LogP) is 6.02. The summed E-state index contributed by atoms with van der Waals surface area (Å²) in [5.41, 5.74) is 4.07. The second-order valence-electron chi connectivity index (χ2n) is 7.40. The predicted molar refractivity (Wildman–Crippen MR) is 127 cm³/mol. The number of halogens is 1. The first kappa shape index (κ1) is 21.7. The fraction of sp³-hybridized carbons (Fsp3) is 0.125. The zero-order valence-electron chi connectivity index (χ0n) is 17.0. The minimum absolute atomic E-state index is 0.0763. The highest BCUT2D eigenvalue weighted by Crippen LogP contribution is 2.40. The molecule has 4 nitrogen and oxygen atoms in total. The maximum atomic E-state index is 13.1. The summed E-state index contributed by atoms with van der Waals surface area (Å²) in [4.78, 5) is 14.1. The largest absolute Gasteiger partial charge is 0.320 e. The number of sulfone groups is 1. The highest BCUT2D eigenvalue weighted by molar-refractivity contribution is 8.04. The zero-order chi connectivity index (χ0) is 22.2. The van der Waals surface area contributed by atoms with E-state index in [9.17, 15) is 13.2 Å². The van der Waals surface area contributed by atoms with E-state index in [2.05, 4.69) is 5.32 Å². The Hall–Kier alpha value is -2.54. The summed E-state index contributed by atoms with van der Waals surface area (Å²) < 4.78 is 26.1. The molecule has 4 rings (SSSR count). The number of carbonyl (C=O) groups excluding carboxylic acids is 1. The Morgan fingerprint density at radius 2 is 1.68 bits per heavy atom. The molecule has 0 bridgehead atoms. The van der Waals surface area contributed by atoms with Crippen molar-refractivity contribution in [2.24, 2.45) is 0 Å². The highest BCUT2D eigenvalue weighted by Gasteiger charge is 2.24. The van der Waals surface area contributed by atoms with Crippen molar-refractivity contribution in [3.8, 4) is 0 Å². The number of rotatable bonds is 4. The van der Waals surface area contributed by atoms with E-state index in [1.165, 1.54) is 11.8 Å². The molecule has 0 aromatic heterocycles.